The van der Waals surface area contributed by atoms with Crippen LogP contribution in [0, 0.1) is 6.92 Å². The van der Waals surface area contributed by atoms with Crippen LogP contribution in [0.15, 0.2) is 47.1 Å². The molecule has 0 aliphatic carbocycles. The predicted molar refractivity (Wildman–Crippen MR) is 94.6 cm³/mol. The topological polar surface area (TPSA) is 64.3 Å². The summed E-state index contributed by atoms with van der Waals surface area (Å²) in [6, 6.07) is 11.6. The van der Waals surface area contributed by atoms with Gasteiger partial charge in [-0.3, -0.25) is 0 Å². The van der Waals surface area contributed by atoms with Crippen molar-refractivity contribution in [3.05, 3.63) is 59.0 Å². The Hall–Kier alpha value is -2.44. The first-order valence-electron chi connectivity index (χ1n) is 8.08. The van der Waals surface area contributed by atoms with Gasteiger partial charge in [-0.1, -0.05) is 28.9 Å². The zero-order valence-corrected chi connectivity index (χ0v) is 14.5. The Kier molecular flexibility index (Phi) is 4.38. The van der Waals surface area contributed by atoms with E-state index in [0.717, 1.165) is 28.5 Å². The Bertz CT molecular complexity index is 866. The van der Waals surface area contributed by atoms with E-state index < -0.39 is 0 Å². The summed E-state index contributed by atoms with van der Waals surface area (Å²) in [5.41, 5.74) is 1.93. The van der Waals surface area contributed by atoms with Gasteiger partial charge in [0.15, 0.2) is 5.82 Å². The molecule has 1 atom stereocenters. The standard InChI is InChI=1S/C18H17ClN4O2/c1-12-21-18(25-22-12)15-3-2-8-20-17(15)23-9-10-24-16(11-23)13-4-6-14(19)7-5-13/h2-8,16H,9-11H2,1H3. The van der Waals surface area contributed by atoms with E-state index in [1.54, 1.807) is 13.1 Å². The van der Waals surface area contributed by atoms with Crippen LogP contribution < -0.4 is 4.90 Å². The molecule has 0 bridgehead atoms. The van der Waals surface area contributed by atoms with Crippen LogP contribution in [0.3, 0.4) is 0 Å². The predicted octanol–water partition coefficient (Wildman–Crippen LogP) is 3.67. The van der Waals surface area contributed by atoms with Crippen LogP contribution in [0.4, 0.5) is 5.82 Å². The quantitative estimate of drug-likeness (QED) is 0.713. The number of hydrogen-bond donors (Lipinski definition) is 0. The van der Waals surface area contributed by atoms with Gasteiger partial charge in [-0.15, -0.1) is 0 Å². The molecule has 1 aliphatic rings. The Morgan fingerprint density at radius 2 is 2.04 bits per heavy atom. The first kappa shape index (κ1) is 16.1. The molecule has 1 fully saturated rings. The third kappa shape index (κ3) is 3.36. The molecule has 0 saturated carbocycles. The molecular weight excluding hydrogens is 340 g/mol. The number of nitrogens with zero attached hydrogens (tertiary/aromatic N) is 4. The average molecular weight is 357 g/mol. The van der Waals surface area contributed by atoms with Crippen LogP contribution in [0.2, 0.25) is 5.02 Å². The summed E-state index contributed by atoms with van der Waals surface area (Å²) in [6.45, 7) is 3.86. The molecule has 1 saturated heterocycles. The van der Waals surface area contributed by atoms with Crippen molar-refractivity contribution in [3.63, 3.8) is 0 Å². The Labute approximate surface area is 150 Å². The van der Waals surface area contributed by atoms with Crippen LogP contribution in [-0.4, -0.2) is 34.8 Å². The summed E-state index contributed by atoms with van der Waals surface area (Å²) in [6.07, 6.45) is 1.74. The van der Waals surface area contributed by atoms with Gasteiger partial charge < -0.3 is 14.2 Å². The highest BCUT2D eigenvalue weighted by Gasteiger charge is 2.26. The minimum atomic E-state index is -0.0368. The van der Waals surface area contributed by atoms with Gasteiger partial charge >= 0.3 is 0 Å². The normalized spacial score (nSPS) is 17.7. The number of pyridine rings is 1. The zero-order valence-electron chi connectivity index (χ0n) is 13.7. The number of hydrogen-bond acceptors (Lipinski definition) is 6. The smallest absolute Gasteiger partial charge is 0.261 e. The highest BCUT2D eigenvalue weighted by atomic mass is 35.5. The van der Waals surface area contributed by atoms with Crippen LogP contribution in [-0.2, 0) is 4.74 Å². The van der Waals surface area contributed by atoms with Gasteiger partial charge in [0.05, 0.1) is 12.2 Å². The van der Waals surface area contributed by atoms with Crippen LogP contribution in [0.25, 0.3) is 11.5 Å². The van der Waals surface area contributed by atoms with Gasteiger partial charge in [-0.25, -0.2) is 4.98 Å². The van der Waals surface area contributed by atoms with E-state index in [2.05, 4.69) is 20.0 Å². The second-order valence-corrected chi connectivity index (χ2v) is 6.31. The SMILES string of the molecule is Cc1noc(-c2cccnc2N2CCOC(c3ccc(Cl)cc3)C2)n1. The van der Waals surface area contributed by atoms with Gasteiger partial charge in [0.2, 0.25) is 0 Å². The largest absolute Gasteiger partial charge is 0.370 e. The minimum absolute atomic E-state index is 0.0368. The molecule has 0 spiro atoms. The molecule has 0 radical (unpaired) electrons. The third-order valence-electron chi connectivity index (χ3n) is 4.15. The van der Waals surface area contributed by atoms with E-state index in [-0.39, 0.29) is 6.10 Å². The van der Waals surface area contributed by atoms with E-state index in [1.165, 1.54) is 0 Å². The first-order valence-corrected chi connectivity index (χ1v) is 8.46. The molecule has 0 N–H and O–H groups in total. The highest BCUT2D eigenvalue weighted by molar-refractivity contribution is 6.30. The minimum Gasteiger partial charge on any atom is -0.370 e. The van der Waals surface area contributed by atoms with Crippen molar-refractivity contribution in [2.75, 3.05) is 24.6 Å². The molecule has 2 aromatic heterocycles. The van der Waals surface area contributed by atoms with Crippen LogP contribution in [0.5, 0.6) is 0 Å². The van der Waals surface area contributed by atoms with Gasteiger partial charge in [-0.2, -0.15) is 4.98 Å². The van der Waals surface area contributed by atoms with Gasteiger partial charge in [-0.05, 0) is 36.8 Å². The highest BCUT2D eigenvalue weighted by Crippen LogP contribution is 2.31. The molecule has 0 amide bonds. The van der Waals surface area contributed by atoms with Crippen molar-refractivity contribution in [1.29, 1.82) is 0 Å². The summed E-state index contributed by atoms with van der Waals surface area (Å²) >= 11 is 5.98. The number of ether oxygens (including phenoxy) is 1. The van der Waals surface area contributed by atoms with Gasteiger partial charge in [0.25, 0.3) is 5.89 Å². The third-order valence-corrected chi connectivity index (χ3v) is 4.40. The summed E-state index contributed by atoms with van der Waals surface area (Å²) in [5.74, 6) is 1.91. The summed E-state index contributed by atoms with van der Waals surface area (Å²) in [7, 11) is 0. The average Bonchev–Trinajstić information content (AvgIpc) is 3.09. The maximum absolute atomic E-state index is 5.98. The van der Waals surface area contributed by atoms with E-state index in [9.17, 15) is 0 Å². The molecule has 3 heterocycles. The lowest BCUT2D eigenvalue weighted by Crippen LogP contribution is -2.39. The molecule has 1 unspecified atom stereocenters. The number of benzene rings is 1. The number of anilines is 1. The molecule has 6 nitrogen and oxygen atoms in total. The van der Waals surface area contributed by atoms with E-state index in [1.807, 2.05) is 36.4 Å². The molecule has 25 heavy (non-hydrogen) atoms. The molecule has 1 aliphatic heterocycles. The Morgan fingerprint density at radius 3 is 2.80 bits per heavy atom. The molecule has 128 valence electrons. The number of aryl methyl sites for hydroxylation is 1. The fraction of sp³-hybridized carbons (Fsp3) is 0.278. The van der Waals surface area contributed by atoms with Crippen molar-refractivity contribution < 1.29 is 9.26 Å². The lowest BCUT2D eigenvalue weighted by atomic mass is 10.1. The zero-order chi connectivity index (χ0) is 17.2. The fourth-order valence-electron chi connectivity index (χ4n) is 2.94. The molecule has 7 heteroatoms. The number of aromatic nitrogens is 3. The number of morpholine rings is 1. The summed E-state index contributed by atoms with van der Waals surface area (Å²) in [4.78, 5) is 11.1. The van der Waals surface area contributed by atoms with Crippen LogP contribution in [0.1, 0.15) is 17.5 Å². The molecule has 3 aromatic rings. The van der Waals surface area contributed by atoms with Crippen molar-refractivity contribution in [3.8, 4) is 11.5 Å². The Morgan fingerprint density at radius 1 is 1.20 bits per heavy atom. The van der Waals surface area contributed by atoms with Gasteiger partial charge in [0, 0.05) is 24.3 Å². The fourth-order valence-corrected chi connectivity index (χ4v) is 3.07. The second kappa shape index (κ2) is 6.82. The number of rotatable bonds is 3. The lowest BCUT2D eigenvalue weighted by molar-refractivity contribution is 0.0395. The first-order chi connectivity index (χ1) is 12.2. The van der Waals surface area contributed by atoms with E-state index in [4.69, 9.17) is 20.9 Å². The van der Waals surface area contributed by atoms with E-state index in [0.29, 0.717) is 24.9 Å². The van der Waals surface area contributed by atoms with Gasteiger partial charge in [0.1, 0.15) is 11.9 Å². The second-order valence-electron chi connectivity index (χ2n) is 5.88. The molecular formula is C18H17ClN4O2. The maximum Gasteiger partial charge on any atom is 0.261 e. The number of halogens is 1. The van der Waals surface area contributed by atoms with Crippen molar-refractivity contribution >= 4 is 17.4 Å². The lowest BCUT2D eigenvalue weighted by Gasteiger charge is -2.34. The summed E-state index contributed by atoms with van der Waals surface area (Å²) in [5, 5.41) is 4.60. The van der Waals surface area contributed by atoms with Crippen molar-refractivity contribution in [2.45, 2.75) is 13.0 Å². The van der Waals surface area contributed by atoms with Crippen molar-refractivity contribution in [1.82, 2.24) is 15.1 Å². The van der Waals surface area contributed by atoms with E-state index >= 15 is 0 Å². The summed E-state index contributed by atoms with van der Waals surface area (Å²) < 4.78 is 11.3. The maximum atomic E-state index is 5.98. The van der Waals surface area contributed by atoms with Crippen molar-refractivity contribution in [2.24, 2.45) is 0 Å². The van der Waals surface area contributed by atoms with Crippen LogP contribution >= 0.6 is 11.6 Å². The Balaban J connectivity index is 1.63. The molecule has 4 rings (SSSR count). The molecule has 1 aromatic carbocycles. The monoisotopic (exact) mass is 356 g/mol.